The summed E-state index contributed by atoms with van der Waals surface area (Å²) in [6, 6.07) is 0.525. The second-order valence-corrected chi connectivity index (χ2v) is 6.96. The molecule has 4 N–H and O–H groups in total. The molecule has 1 atom stereocenters. The summed E-state index contributed by atoms with van der Waals surface area (Å²) in [5.74, 6) is 1.06. The molecule has 0 aromatic carbocycles. The lowest BCUT2D eigenvalue weighted by molar-refractivity contribution is -0.120. The third kappa shape index (κ3) is 3.79. The average molecular weight is 397 g/mol. The first-order valence-electron chi connectivity index (χ1n) is 9.48. The Morgan fingerprint density at radius 2 is 2.17 bits per heavy atom. The standard InChI is InChI=1S/C19H23N7O3/c1-3-15-14(8-16(29-15)17-18(27)25-19(28)24-17)23-11(2)26(13-9-21-22-10-13)12-4-6-20-7-5-12/h3,8-10,12,17,20H,1,4-7H2,2H3,(H,21,22)(H2,24,25,27,28). The number of urea groups is 1. The molecule has 3 amide bonds. The van der Waals surface area contributed by atoms with Gasteiger partial charge in [0.1, 0.15) is 17.3 Å². The summed E-state index contributed by atoms with van der Waals surface area (Å²) in [6.07, 6.45) is 7.12. The summed E-state index contributed by atoms with van der Waals surface area (Å²) < 4.78 is 5.74. The number of imide groups is 1. The van der Waals surface area contributed by atoms with Crippen molar-refractivity contribution < 1.29 is 14.0 Å². The van der Waals surface area contributed by atoms with E-state index < -0.39 is 18.0 Å². The van der Waals surface area contributed by atoms with E-state index in [2.05, 4.69) is 37.6 Å². The van der Waals surface area contributed by atoms with E-state index >= 15 is 0 Å². The topological polar surface area (TPSA) is 128 Å². The van der Waals surface area contributed by atoms with Crippen LogP contribution in [0.25, 0.3) is 6.08 Å². The molecule has 2 fully saturated rings. The van der Waals surface area contributed by atoms with Gasteiger partial charge in [-0.2, -0.15) is 5.10 Å². The number of anilines is 1. The molecule has 2 aromatic rings. The molecule has 152 valence electrons. The maximum atomic E-state index is 11.9. The predicted molar refractivity (Wildman–Crippen MR) is 108 cm³/mol. The van der Waals surface area contributed by atoms with Crippen molar-refractivity contribution in [2.45, 2.75) is 31.8 Å². The lowest BCUT2D eigenvalue weighted by Gasteiger charge is -2.35. The van der Waals surface area contributed by atoms with E-state index in [1.54, 1.807) is 12.3 Å². The number of carbonyl (C=O) groups is 2. The summed E-state index contributed by atoms with van der Waals surface area (Å²) in [4.78, 5) is 30.3. The Labute approximate surface area is 167 Å². The zero-order valence-electron chi connectivity index (χ0n) is 16.1. The molecule has 4 rings (SSSR count). The van der Waals surface area contributed by atoms with Crippen molar-refractivity contribution in [3.8, 4) is 0 Å². The van der Waals surface area contributed by atoms with Crippen molar-refractivity contribution in [1.29, 1.82) is 0 Å². The number of aliphatic imine (C=N–C) groups is 1. The van der Waals surface area contributed by atoms with Crippen LogP contribution in [0.1, 0.15) is 37.3 Å². The number of hydrogen-bond acceptors (Lipinski definition) is 6. The largest absolute Gasteiger partial charge is 0.457 e. The fourth-order valence-corrected chi connectivity index (χ4v) is 3.74. The molecule has 0 aliphatic carbocycles. The minimum absolute atomic E-state index is 0.288. The number of nitrogens with zero attached hydrogens (tertiary/aromatic N) is 3. The van der Waals surface area contributed by atoms with E-state index in [1.165, 1.54) is 6.08 Å². The van der Waals surface area contributed by atoms with Gasteiger partial charge in [0, 0.05) is 18.3 Å². The van der Waals surface area contributed by atoms with Crippen LogP contribution in [-0.4, -0.2) is 47.1 Å². The number of piperidine rings is 1. The Kier molecular flexibility index (Phi) is 5.17. The van der Waals surface area contributed by atoms with Gasteiger partial charge in [0.25, 0.3) is 5.91 Å². The maximum absolute atomic E-state index is 11.9. The van der Waals surface area contributed by atoms with Crippen LogP contribution in [0.15, 0.2) is 34.4 Å². The van der Waals surface area contributed by atoms with Gasteiger partial charge in [-0.3, -0.25) is 15.2 Å². The fraction of sp³-hybridized carbons (Fsp3) is 0.368. The molecule has 4 heterocycles. The lowest BCUT2D eigenvalue weighted by Crippen LogP contribution is -2.45. The molecule has 10 heteroatoms. The summed E-state index contributed by atoms with van der Waals surface area (Å²) in [7, 11) is 0. The number of aromatic nitrogens is 2. The highest BCUT2D eigenvalue weighted by molar-refractivity contribution is 6.04. The van der Waals surface area contributed by atoms with Crippen LogP contribution in [0.5, 0.6) is 0 Å². The SMILES string of the molecule is C=Cc1oc(C2NC(=O)NC2=O)cc1N=C(C)N(c1cn[nH]c1)C1CCNCC1. The van der Waals surface area contributed by atoms with Crippen LogP contribution in [0.3, 0.4) is 0 Å². The number of carbonyl (C=O) groups excluding carboxylic acids is 2. The number of aromatic amines is 1. The number of H-pyrrole nitrogens is 1. The van der Waals surface area contributed by atoms with Gasteiger partial charge in [-0.1, -0.05) is 6.58 Å². The van der Waals surface area contributed by atoms with Crippen molar-refractivity contribution in [1.82, 2.24) is 26.1 Å². The number of nitrogens with one attached hydrogen (secondary N) is 4. The van der Waals surface area contributed by atoms with Gasteiger partial charge < -0.3 is 20.0 Å². The minimum atomic E-state index is -0.875. The first-order chi connectivity index (χ1) is 14.1. The molecule has 2 saturated heterocycles. The minimum Gasteiger partial charge on any atom is -0.457 e. The monoisotopic (exact) mass is 397 g/mol. The number of furan rings is 1. The Hall–Kier alpha value is -3.40. The Bertz CT molecular complexity index is 941. The van der Waals surface area contributed by atoms with Crippen molar-refractivity contribution in [2.24, 2.45) is 4.99 Å². The summed E-state index contributed by atoms with van der Waals surface area (Å²) >= 11 is 0. The quantitative estimate of drug-likeness (QED) is 0.346. The molecule has 2 aliphatic rings. The van der Waals surface area contributed by atoms with Crippen LogP contribution < -0.4 is 20.9 Å². The molecular formula is C19H23N7O3. The molecule has 0 saturated carbocycles. The van der Waals surface area contributed by atoms with Crippen LogP contribution in [0.2, 0.25) is 0 Å². The van der Waals surface area contributed by atoms with E-state index in [0.29, 0.717) is 17.2 Å². The highest BCUT2D eigenvalue weighted by Gasteiger charge is 2.34. The van der Waals surface area contributed by atoms with Crippen LogP contribution in [0, 0.1) is 0 Å². The van der Waals surface area contributed by atoms with Gasteiger partial charge in [0.2, 0.25) is 0 Å². The Morgan fingerprint density at radius 3 is 2.79 bits per heavy atom. The van der Waals surface area contributed by atoms with Gasteiger partial charge in [0.05, 0.1) is 11.9 Å². The van der Waals surface area contributed by atoms with Crippen molar-refractivity contribution in [3.63, 3.8) is 0 Å². The molecule has 29 heavy (non-hydrogen) atoms. The second-order valence-electron chi connectivity index (χ2n) is 6.96. The number of amidine groups is 1. The normalized spacial score (nSPS) is 20.4. The first kappa shape index (κ1) is 18.9. The molecule has 10 nitrogen and oxygen atoms in total. The molecule has 1 unspecified atom stereocenters. The van der Waals surface area contributed by atoms with Crippen molar-refractivity contribution in [2.75, 3.05) is 18.0 Å². The predicted octanol–water partition coefficient (Wildman–Crippen LogP) is 1.83. The van der Waals surface area contributed by atoms with E-state index in [4.69, 9.17) is 9.41 Å². The molecule has 2 aromatic heterocycles. The fourth-order valence-electron chi connectivity index (χ4n) is 3.74. The van der Waals surface area contributed by atoms with Crippen molar-refractivity contribution in [3.05, 3.63) is 36.6 Å². The number of rotatable bonds is 5. The van der Waals surface area contributed by atoms with Gasteiger partial charge in [-0.15, -0.1) is 0 Å². The average Bonchev–Trinajstić information content (AvgIpc) is 3.43. The highest BCUT2D eigenvalue weighted by atomic mass is 16.3. The molecule has 2 aliphatic heterocycles. The summed E-state index contributed by atoms with van der Waals surface area (Å²) in [5, 5.41) is 15.0. The van der Waals surface area contributed by atoms with Gasteiger partial charge in [-0.05, 0) is 38.9 Å². The van der Waals surface area contributed by atoms with Crippen molar-refractivity contribution >= 4 is 35.2 Å². The molecular weight excluding hydrogens is 374 g/mol. The van der Waals surface area contributed by atoms with E-state index in [1.807, 2.05) is 13.1 Å². The van der Waals surface area contributed by atoms with Gasteiger partial charge in [0.15, 0.2) is 11.8 Å². The van der Waals surface area contributed by atoms with Gasteiger partial charge >= 0.3 is 6.03 Å². The van der Waals surface area contributed by atoms with Gasteiger partial charge in [-0.25, -0.2) is 9.79 Å². The highest BCUT2D eigenvalue weighted by Crippen LogP contribution is 2.31. The second kappa shape index (κ2) is 7.92. The molecule has 0 spiro atoms. The smallest absolute Gasteiger partial charge is 0.322 e. The summed E-state index contributed by atoms with van der Waals surface area (Å²) in [6.45, 7) is 7.58. The zero-order valence-corrected chi connectivity index (χ0v) is 16.1. The Morgan fingerprint density at radius 1 is 1.38 bits per heavy atom. The third-order valence-corrected chi connectivity index (χ3v) is 5.07. The van der Waals surface area contributed by atoms with Crippen LogP contribution in [0.4, 0.5) is 16.2 Å². The lowest BCUT2D eigenvalue weighted by atomic mass is 10.0. The maximum Gasteiger partial charge on any atom is 0.322 e. The molecule has 0 bridgehead atoms. The Balaban J connectivity index is 1.67. The zero-order chi connectivity index (χ0) is 20.4. The third-order valence-electron chi connectivity index (χ3n) is 5.07. The number of amides is 3. The van der Waals surface area contributed by atoms with Crippen LogP contribution in [-0.2, 0) is 4.79 Å². The first-order valence-corrected chi connectivity index (χ1v) is 9.48. The molecule has 0 radical (unpaired) electrons. The summed E-state index contributed by atoms with van der Waals surface area (Å²) in [5.41, 5.74) is 1.48. The van der Waals surface area contributed by atoms with E-state index in [-0.39, 0.29) is 6.04 Å². The van der Waals surface area contributed by atoms with E-state index in [9.17, 15) is 9.59 Å². The van der Waals surface area contributed by atoms with E-state index in [0.717, 1.165) is 37.5 Å². The van der Waals surface area contributed by atoms with Crippen LogP contribution >= 0.6 is 0 Å². The number of hydrogen-bond donors (Lipinski definition) is 4.